The molecule has 6 heteroatoms. The van der Waals surface area contributed by atoms with Crippen LogP contribution in [-0.2, 0) is 13.0 Å². The van der Waals surface area contributed by atoms with Crippen molar-refractivity contribution in [1.82, 2.24) is 9.88 Å². The fourth-order valence-corrected chi connectivity index (χ4v) is 4.01. The minimum Gasteiger partial charge on any atom is -0.497 e. The first kappa shape index (κ1) is 21.3. The van der Waals surface area contributed by atoms with Crippen LogP contribution in [0, 0.1) is 0 Å². The van der Waals surface area contributed by atoms with Crippen molar-refractivity contribution in [1.29, 1.82) is 0 Å². The van der Waals surface area contributed by atoms with Crippen LogP contribution < -0.4 is 21.1 Å². The zero-order valence-electron chi connectivity index (χ0n) is 18.4. The fraction of sp³-hybridized carbons (Fsp3) is 0.192. The first-order valence-electron chi connectivity index (χ1n) is 10.8. The lowest BCUT2D eigenvalue weighted by Crippen LogP contribution is -2.30. The number of nitrogen functional groups attached to an aromatic ring is 1. The van der Waals surface area contributed by atoms with Gasteiger partial charge in [0.1, 0.15) is 5.75 Å². The van der Waals surface area contributed by atoms with Gasteiger partial charge in [0.15, 0.2) is 0 Å². The highest BCUT2D eigenvalue weighted by atomic mass is 16.5. The van der Waals surface area contributed by atoms with Gasteiger partial charge in [0.25, 0.3) is 0 Å². The van der Waals surface area contributed by atoms with Gasteiger partial charge in [-0.2, -0.15) is 0 Å². The smallest absolute Gasteiger partial charge is 0.319 e. The van der Waals surface area contributed by atoms with E-state index in [9.17, 15) is 4.79 Å². The largest absolute Gasteiger partial charge is 0.497 e. The molecule has 0 aliphatic rings. The Morgan fingerprint density at radius 1 is 1.03 bits per heavy atom. The van der Waals surface area contributed by atoms with Crippen LogP contribution in [0.3, 0.4) is 0 Å². The molecular formula is C26H28N4O2. The van der Waals surface area contributed by atoms with Crippen molar-refractivity contribution in [3.8, 4) is 17.0 Å². The molecule has 2 amide bonds. The molecule has 4 aromatic rings. The Morgan fingerprint density at radius 3 is 2.59 bits per heavy atom. The summed E-state index contributed by atoms with van der Waals surface area (Å²) in [5.41, 5.74) is 12.1. The average molecular weight is 429 g/mol. The standard InChI is InChI=1S/C26H28N4O2/c1-3-30-23-17-21(32-2)12-13-22(23)24(27)25(30)19-10-7-11-20(16-19)29-26(31)28-15-14-18-8-5-4-6-9-18/h4-13,16-17H,3,14-15,27H2,1-2H3,(H2,28,29,31). The lowest BCUT2D eigenvalue weighted by atomic mass is 10.1. The van der Waals surface area contributed by atoms with Crippen LogP contribution in [0.25, 0.3) is 22.2 Å². The van der Waals surface area contributed by atoms with Gasteiger partial charge in [-0.05, 0) is 43.2 Å². The predicted octanol–water partition coefficient (Wildman–Crippen LogP) is 5.28. The molecule has 0 saturated carbocycles. The zero-order valence-corrected chi connectivity index (χ0v) is 18.4. The van der Waals surface area contributed by atoms with E-state index in [0.29, 0.717) is 17.9 Å². The Bertz CT molecular complexity index is 1230. The summed E-state index contributed by atoms with van der Waals surface area (Å²) in [4.78, 5) is 12.4. The van der Waals surface area contributed by atoms with Crippen molar-refractivity contribution in [3.63, 3.8) is 0 Å². The number of urea groups is 1. The molecule has 32 heavy (non-hydrogen) atoms. The zero-order chi connectivity index (χ0) is 22.5. The molecule has 3 aromatic carbocycles. The Kier molecular flexibility index (Phi) is 6.31. The number of methoxy groups -OCH3 is 1. The molecule has 1 aromatic heterocycles. The lowest BCUT2D eigenvalue weighted by molar-refractivity contribution is 0.252. The van der Waals surface area contributed by atoms with Crippen molar-refractivity contribution in [2.24, 2.45) is 0 Å². The first-order valence-corrected chi connectivity index (χ1v) is 10.8. The third-order valence-corrected chi connectivity index (χ3v) is 5.56. The second-order valence-electron chi connectivity index (χ2n) is 7.59. The summed E-state index contributed by atoms with van der Waals surface area (Å²) in [7, 11) is 1.66. The van der Waals surface area contributed by atoms with Crippen LogP contribution in [0.1, 0.15) is 12.5 Å². The van der Waals surface area contributed by atoms with Gasteiger partial charge in [0, 0.05) is 35.8 Å². The molecule has 0 aliphatic heterocycles. The van der Waals surface area contributed by atoms with E-state index in [1.54, 1.807) is 7.11 Å². The molecular weight excluding hydrogens is 400 g/mol. The molecule has 6 nitrogen and oxygen atoms in total. The van der Waals surface area contributed by atoms with E-state index in [4.69, 9.17) is 10.5 Å². The summed E-state index contributed by atoms with van der Waals surface area (Å²) < 4.78 is 7.56. The maximum absolute atomic E-state index is 12.4. The number of aromatic nitrogens is 1. The molecule has 0 bridgehead atoms. The minimum absolute atomic E-state index is 0.230. The number of carbonyl (C=O) groups is 1. The lowest BCUT2D eigenvalue weighted by Gasteiger charge is -2.12. The summed E-state index contributed by atoms with van der Waals surface area (Å²) in [5.74, 6) is 0.791. The Balaban J connectivity index is 1.53. The monoisotopic (exact) mass is 428 g/mol. The highest BCUT2D eigenvalue weighted by molar-refractivity contribution is 6.02. The topological polar surface area (TPSA) is 81.3 Å². The summed E-state index contributed by atoms with van der Waals surface area (Å²) in [6.45, 7) is 3.41. The minimum atomic E-state index is -0.230. The maximum atomic E-state index is 12.4. The quantitative estimate of drug-likeness (QED) is 0.374. The van der Waals surface area contributed by atoms with E-state index in [-0.39, 0.29) is 6.03 Å². The molecule has 0 saturated heterocycles. The van der Waals surface area contributed by atoms with Crippen LogP contribution in [-0.4, -0.2) is 24.3 Å². The second kappa shape index (κ2) is 9.47. The van der Waals surface area contributed by atoms with Gasteiger partial charge in [-0.3, -0.25) is 0 Å². The van der Waals surface area contributed by atoms with Gasteiger partial charge in [0.05, 0.1) is 24.0 Å². The van der Waals surface area contributed by atoms with E-state index >= 15 is 0 Å². The number of rotatable bonds is 7. The maximum Gasteiger partial charge on any atom is 0.319 e. The number of nitrogens with two attached hydrogens (primary N) is 1. The number of benzene rings is 3. The average Bonchev–Trinajstić information content (AvgIpc) is 3.10. The van der Waals surface area contributed by atoms with Crippen LogP contribution >= 0.6 is 0 Å². The number of nitrogens with zero attached hydrogens (tertiary/aromatic N) is 1. The number of hydrogen-bond donors (Lipinski definition) is 3. The van der Waals surface area contributed by atoms with Gasteiger partial charge in [0.2, 0.25) is 0 Å². The molecule has 0 spiro atoms. The van der Waals surface area contributed by atoms with E-state index in [2.05, 4.69) is 34.3 Å². The van der Waals surface area contributed by atoms with Crippen LogP contribution in [0.5, 0.6) is 5.75 Å². The number of hydrogen-bond acceptors (Lipinski definition) is 3. The van der Waals surface area contributed by atoms with Crippen molar-refractivity contribution in [2.45, 2.75) is 19.9 Å². The van der Waals surface area contributed by atoms with E-state index in [1.807, 2.05) is 60.7 Å². The fourth-order valence-electron chi connectivity index (χ4n) is 4.01. The molecule has 0 aliphatic carbocycles. The molecule has 1 heterocycles. The van der Waals surface area contributed by atoms with E-state index in [0.717, 1.165) is 40.9 Å². The first-order chi connectivity index (χ1) is 15.6. The summed E-state index contributed by atoms with van der Waals surface area (Å²) in [6.07, 6.45) is 0.783. The van der Waals surface area contributed by atoms with Crippen molar-refractivity contribution < 1.29 is 9.53 Å². The van der Waals surface area contributed by atoms with Gasteiger partial charge in [-0.1, -0.05) is 42.5 Å². The highest BCUT2D eigenvalue weighted by Crippen LogP contribution is 2.38. The number of carbonyl (C=O) groups excluding carboxylic acids is 1. The van der Waals surface area contributed by atoms with Gasteiger partial charge in [-0.15, -0.1) is 0 Å². The number of fused-ring (bicyclic) bond motifs is 1. The Morgan fingerprint density at radius 2 is 1.84 bits per heavy atom. The van der Waals surface area contributed by atoms with Gasteiger partial charge < -0.3 is 25.7 Å². The number of nitrogens with one attached hydrogen (secondary N) is 2. The highest BCUT2D eigenvalue weighted by Gasteiger charge is 2.17. The van der Waals surface area contributed by atoms with Crippen molar-refractivity contribution in [2.75, 3.05) is 24.7 Å². The number of aryl methyl sites for hydroxylation is 1. The molecule has 4 rings (SSSR count). The Labute approximate surface area is 188 Å². The molecule has 0 radical (unpaired) electrons. The van der Waals surface area contributed by atoms with Crippen LogP contribution in [0.15, 0.2) is 72.8 Å². The van der Waals surface area contributed by atoms with Crippen LogP contribution in [0.2, 0.25) is 0 Å². The molecule has 4 N–H and O–H groups in total. The summed E-state index contributed by atoms with van der Waals surface area (Å²) in [5, 5.41) is 6.83. The molecule has 164 valence electrons. The van der Waals surface area contributed by atoms with Crippen LogP contribution in [0.4, 0.5) is 16.2 Å². The molecule has 0 atom stereocenters. The number of amides is 2. The van der Waals surface area contributed by atoms with Gasteiger partial charge in [-0.25, -0.2) is 4.79 Å². The Hall–Kier alpha value is -3.93. The van der Waals surface area contributed by atoms with E-state index in [1.165, 1.54) is 5.56 Å². The third kappa shape index (κ3) is 4.39. The SMILES string of the molecule is CCn1c(-c2cccc(NC(=O)NCCc3ccccc3)c2)c(N)c2ccc(OC)cc21. The summed E-state index contributed by atoms with van der Waals surface area (Å²) in [6, 6.07) is 23.5. The normalized spacial score (nSPS) is 10.8. The van der Waals surface area contributed by atoms with E-state index < -0.39 is 0 Å². The second-order valence-corrected chi connectivity index (χ2v) is 7.59. The number of ether oxygens (including phenoxy) is 1. The molecule has 0 unspecified atom stereocenters. The molecule has 0 fully saturated rings. The van der Waals surface area contributed by atoms with Gasteiger partial charge >= 0.3 is 6.03 Å². The van der Waals surface area contributed by atoms with Crippen molar-refractivity contribution >= 4 is 28.3 Å². The van der Waals surface area contributed by atoms with Crippen molar-refractivity contribution in [3.05, 3.63) is 78.4 Å². The predicted molar refractivity (Wildman–Crippen MR) is 131 cm³/mol. The number of anilines is 2. The summed E-state index contributed by atoms with van der Waals surface area (Å²) >= 11 is 0. The third-order valence-electron chi connectivity index (χ3n) is 5.56.